The fraction of sp³-hybridized carbons (Fsp3) is 0.286. The van der Waals surface area contributed by atoms with Gasteiger partial charge in [-0.15, -0.1) is 11.3 Å². The van der Waals surface area contributed by atoms with Gasteiger partial charge in [0.2, 0.25) is 0 Å². The van der Waals surface area contributed by atoms with Crippen LogP contribution in [0.4, 0.5) is 5.00 Å². The Balaban J connectivity index is 1.93. The van der Waals surface area contributed by atoms with E-state index in [2.05, 4.69) is 28.5 Å². The van der Waals surface area contributed by atoms with Crippen LogP contribution in [0, 0.1) is 0 Å². The van der Waals surface area contributed by atoms with Gasteiger partial charge in [-0.2, -0.15) is 0 Å². The SMILES string of the molecule is Clc1ccc(-c2ccsc2N2CCOCC2)cc1. The summed E-state index contributed by atoms with van der Waals surface area (Å²) in [6.07, 6.45) is 0. The molecule has 1 aliphatic heterocycles. The monoisotopic (exact) mass is 279 g/mol. The zero-order valence-corrected chi connectivity index (χ0v) is 11.5. The number of rotatable bonds is 2. The molecule has 0 N–H and O–H groups in total. The summed E-state index contributed by atoms with van der Waals surface area (Å²) in [6, 6.07) is 10.2. The molecule has 0 spiro atoms. The second-order valence-corrected chi connectivity index (χ2v) is 5.58. The molecule has 0 radical (unpaired) electrons. The van der Waals surface area contributed by atoms with E-state index in [1.807, 2.05) is 12.1 Å². The van der Waals surface area contributed by atoms with E-state index in [4.69, 9.17) is 16.3 Å². The van der Waals surface area contributed by atoms with Gasteiger partial charge in [-0.1, -0.05) is 23.7 Å². The molecular weight excluding hydrogens is 266 g/mol. The molecule has 18 heavy (non-hydrogen) atoms. The van der Waals surface area contributed by atoms with Crippen LogP contribution in [0.25, 0.3) is 11.1 Å². The lowest BCUT2D eigenvalue weighted by Gasteiger charge is -2.28. The Morgan fingerprint density at radius 3 is 2.50 bits per heavy atom. The molecule has 0 atom stereocenters. The summed E-state index contributed by atoms with van der Waals surface area (Å²) in [5, 5.41) is 4.26. The van der Waals surface area contributed by atoms with E-state index in [-0.39, 0.29) is 0 Å². The highest BCUT2D eigenvalue weighted by Crippen LogP contribution is 2.36. The molecule has 1 aromatic carbocycles. The lowest BCUT2D eigenvalue weighted by Crippen LogP contribution is -2.35. The molecule has 0 bridgehead atoms. The standard InChI is InChI=1S/C14H14ClNOS/c15-12-3-1-11(2-4-12)13-5-10-18-14(13)16-6-8-17-9-7-16/h1-5,10H,6-9H2. The number of benzene rings is 1. The number of halogens is 1. The minimum Gasteiger partial charge on any atom is -0.378 e. The Kier molecular flexibility index (Phi) is 3.55. The number of hydrogen-bond donors (Lipinski definition) is 0. The average molecular weight is 280 g/mol. The van der Waals surface area contributed by atoms with Crippen molar-refractivity contribution in [2.24, 2.45) is 0 Å². The molecule has 3 rings (SSSR count). The van der Waals surface area contributed by atoms with E-state index >= 15 is 0 Å². The summed E-state index contributed by atoms with van der Waals surface area (Å²) >= 11 is 7.73. The lowest BCUT2D eigenvalue weighted by molar-refractivity contribution is 0.123. The topological polar surface area (TPSA) is 12.5 Å². The quantitative estimate of drug-likeness (QED) is 0.826. The molecule has 1 fully saturated rings. The van der Waals surface area contributed by atoms with Crippen molar-refractivity contribution in [3.8, 4) is 11.1 Å². The van der Waals surface area contributed by atoms with E-state index in [1.54, 1.807) is 11.3 Å². The summed E-state index contributed by atoms with van der Waals surface area (Å²) in [7, 11) is 0. The lowest BCUT2D eigenvalue weighted by atomic mass is 10.1. The molecule has 0 saturated carbocycles. The van der Waals surface area contributed by atoms with Crippen molar-refractivity contribution in [3.63, 3.8) is 0 Å². The fourth-order valence-corrected chi connectivity index (χ4v) is 3.27. The largest absolute Gasteiger partial charge is 0.378 e. The first-order valence-corrected chi connectivity index (χ1v) is 7.26. The van der Waals surface area contributed by atoms with Crippen molar-refractivity contribution >= 4 is 27.9 Å². The maximum Gasteiger partial charge on any atom is 0.0990 e. The number of nitrogens with zero attached hydrogens (tertiary/aromatic N) is 1. The Bertz CT molecular complexity index is 517. The minimum atomic E-state index is 0.780. The molecule has 0 aliphatic carbocycles. The van der Waals surface area contributed by atoms with Crippen LogP contribution in [0.15, 0.2) is 35.7 Å². The van der Waals surface area contributed by atoms with Gasteiger partial charge in [0.05, 0.1) is 18.2 Å². The van der Waals surface area contributed by atoms with E-state index in [0.29, 0.717) is 0 Å². The average Bonchev–Trinajstić information content (AvgIpc) is 2.90. The molecule has 94 valence electrons. The highest BCUT2D eigenvalue weighted by molar-refractivity contribution is 7.14. The number of ether oxygens (including phenoxy) is 1. The smallest absolute Gasteiger partial charge is 0.0990 e. The van der Waals surface area contributed by atoms with Crippen LogP contribution >= 0.6 is 22.9 Å². The van der Waals surface area contributed by atoms with Gasteiger partial charge in [-0.3, -0.25) is 0 Å². The maximum atomic E-state index is 5.94. The summed E-state index contributed by atoms with van der Waals surface area (Å²) in [6.45, 7) is 3.58. The van der Waals surface area contributed by atoms with Crippen LogP contribution in [-0.4, -0.2) is 26.3 Å². The third-order valence-electron chi connectivity index (χ3n) is 3.10. The molecule has 1 saturated heterocycles. The van der Waals surface area contributed by atoms with Gasteiger partial charge < -0.3 is 9.64 Å². The summed E-state index contributed by atoms with van der Waals surface area (Å²) in [5.41, 5.74) is 2.51. The number of thiophene rings is 1. The van der Waals surface area contributed by atoms with Crippen LogP contribution in [0.2, 0.25) is 5.02 Å². The van der Waals surface area contributed by atoms with Crippen LogP contribution in [0.5, 0.6) is 0 Å². The first-order valence-electron chi connectivity index (χ1n) is 6.01. The maximum absolute atomic E-state index is 5.94. The molecule has 0 unspecified atom stereocenters. The van der Waals surface area contributed by atoms with Gasteiger partial charge in [0.1, 0.15) is 0 Å². The normalized spacial score (nSPS) is 15.9. The Morgan fingerprint density at radius 1 is 1.06 bits per heavy atom. The van der Waals surface area contributed by atoms with E-state index in [9.17, 15) is 0 Å². The Hall–Kier alpha value is -1.03. The second kappa shape index (κ2) is 5.31. The van der Waals surface area contributed by atoms with Crippen molar-refractivity contribution in [3.05, 3.63) is 40.7 Å². The van der Waals surface area contributed by atoms with E-state index in [0.717, 1.165) is 31.3 Å². The number of morpholine rings is 1. The van der Waals surface area contributed by atoms with Crippen LogP contribution in [0.1, 0.15) is 0 Å². The van der Waals surface area contributed by atoms with Crippen molar-refractivity contribution in [1.29, 1.82) is 0 Å². The van der Waals surface area contributed by atoms with Gasteiger partial charge in [0, 0.05) is 23.7 Å². The molecule has 2 nitrogen and oxygen atoms in total. The zero-order chi connectivity index (χ0) is 12.4. The molecule has 2 aromatic rings. The molecular formula is C14H14ClNOS. The van der Waals surface area contributed by atoms with Crippen molar-refractivity contribution in [2.75, 3.05) is 31.2 Å². The third kappa shape index (κ3) is 2.39. The van der Waals surface area contributed by atoms with Gasteiger partial charge in [-0.25, -0.2) is 0 Å². The van der Waals surface area contributed by atoms with E-state index in [1.165, 1.54) is 16.1 Å². The molecule has 0 amide bonds. The second-order valence-electron chi connectivity index (χ2n) is 4.25. The van der Waals surface area contributed by atoms with Crippen molar-refractivity contribution in [1.82, 2.24) is 0 Å². The van der Waals surface area contributed by atoms with E-state index < -0.39 is 0 Å². The first kappa shape index (κ1) is 12.0. The van der Waals surface area contributed by atoms with Crippen LogP contribution in [0.3, 0.4) is 0 Å². The van der Waals surface area contributed by atoms with Crippen molar-refractivity contribution < 1.29 is 4.74 Å². The summed E-state index contributed by atoms with van der Waals surface area (Å²) in [4.78, 5) is 2.40. The third-order valence-corrected chi connectivity index (χ3v) is 4.32. The minimum absolute atomic E-state index is 0.780. The Labute approximate surface area is 116 Å². The number of anilines is 1. The predicted molar refractivity (Wildman–Crippen MR) is 77.8 cm³/mol. The van der Waals surface area contributed by atoms with Gasteiger partial charge in [-0.05, 0) is 29.1 Å². The summed E-state index contributed by atoms with van der Waals surface area (Å²) in [5.74, 6) is 0. The predicted octanol–water partition coefficient (Wildman–Crippen LogP) is 3.91. The molecule has 4 heteroatoms. The summed E-state index contributed by atoms with van der Waals surface area (Å²) < 4.78 is 5.40. The molecule has 1 aliphatic rings. The van der Waals surface area contributed by atoms with Gasteiger partial charge in [0.15, 0.2) is 0 Å². The van der Waals surface area contributed by atoms with Crippen LogP contribution in [-0.2, 0) is 4.74 Å². The highest BCUT2D eigenvalue weighted by atomic mass is 35.5. The van der Waals surface area contributed by atoms with Gasteiger partial charge in [0.25, 0.3) is 0 Å². The molecule has 2 heterocycles. The fourth-order valence-electron chi connectivity index (χ4n) is 2.16. The van der Waals surface area contributed by atoms with Gasteiger partial charge >= 0.3 is 0 Å². The van der Waals surface area contributed by atoms with Crippen LogP contribution < -0.4 is 4.90 Å². The zero-order valence-electron chi connectivity index (χ0n) is 9.93. The molecule has 1 aromatic heterocycles. The first-order chi connectivity index (χ1) is 8.84. The highest BCUT2D eigenvalue weighted by Gasteiger charge is 2.16. The van der Waals surface area contributed by atoms with Crippen molar-refractivity contribution in [2.45, 2.75) is 0 Å². The number of hydrogen-bond acceptors (Lipinski definition) is 3. The Morgan fingerprint density at radius 2 is 1.78 bits per heavy atom.